The Morgan fingerprint density at radius 3 is 2.62 bits per heavy atom. The van der Waals surface area contributed by atoms with Gasteiger partial charge in [-0.2, -0.15) is 5.26 Å². The van der Waals surface area contributed by atoms with E-state index in [1.54, 1.807) is 0 Å². The molecule has 1 aromatic heterocycles. The maximum absolute atomic E-state index is 9.32. The highest BCUT2D eigenvalue weighted by molar-refractivity contribution is 5.43. The molecule has 4 nitrogen and oxygen atoms in total. The highest BCUT2D eigenvalue weighted by Gasteiger charge is 2.33. The van der Waals surface area contributed by atoms with Crippen molar-refractivity contribution in [3.8, 4) is 6.07 Å². The number of ether oxygens (including phenoxy) is 1. The Labute approximate surface area is 176 Å². The minimum Gasteiger partial charge on any atom is -0.378 e. The molecular weight excluding hydrogens is 358 g/mol. The van der Waals surface area contributed by atoms with Gasteiger partial charge in [-0.05, 0) is 55.9 Å². The lowest BCUT2D eigenvalue weighted by Crippen LogP contribution is -2.37. The summed E-state index contributed by atoms with van der Waals surface area (Å²) in [7, 11) is 0. The van der Waals surface area contributed by atoms with Gasteiger partial charge in [0.15, 0.2) is 0 Å². The van der Waals surface area contributed by atoms with Crippen molar-refractivity contribution in [2.45, 2.75) is 52.9 Å². The summed E-state index contributed by atoms with van der Waals surface area (Å²) in [6.07, 6.45) is 11.3. The van der Waals surface area contributed by atoms with E-state index in [0.29, 0.717) is 11.8 Å². The average Bonchev–Trinajstić information content (AvgIpc) is 2.74. The van der Waals surface area contributed by atoms with Gasteiger partial charge in [0.25, 0.3) is 0 Å². The fraction of sp³-hybridized carbons (Fsp3) is 0.520. The third-order valence-electron chi connectivity index (χ3n) is 5.35. The first-order valence-corrected chi connectivity index (χ1v) is 11.0. The zero-order valence-electron chi connectivity index (χ0n) is 18.4. The Kier molecular flexibility index (Phi) is 9.67. The summed E-state index contributed by atoms with van der Waals surface area (Å²) in [6, 6.07) is 8.69. The normalized spacial score (nSPS) is 22.5. The number of hydrogen-bond acceptors (Lipinski definition) is 4. The van der Waals surface area contributed by atoms with Crippen LogP contribution in [-0.4, -0.2) is 31.3 Å². The molecule has 2 aliphatic rings. The monoisotopic (exact) mass is 393 g/mol. The summed E-state index contributed by atoms with van der Waals surface area (Å²) < 4.78 is 5.44. The lowest BCUT2D eigenvalue weighted by atomic mass is 9.69. The van der Waals surface area contributed by atoms with E-state index in [4.69, 9.17) is 9.72 Å². The van der Waals surface area contributed by atoms with Gasteiger partial charge in [-0.15, -0.1) is 0 Å². The summed E-state index contributed by atoms with van der Waals surface area (Å²) in [5.74, 6) is 2.08. The van der Waals surface area contributed by atoms with Gasteiger partial charge in [-0.3, -0.25) is 0 Å². The molecule has 0 radical (unpaired) electrons. The van der Waals surface area contributed by atoms with E-state index in [9.17, 15) is 5.26 Å². The van der Waals surface area contributed by atoms with Crippen LogP contribution in [0, 0.1) is 17.2 Å². The molecule has 0 N–H and O–H groups in total. The molecule has 1 aliphatic carbocycles. The predicted octanol–water partition coefficient (Wildman–Crippen LogP) is 5.80. The molecule has 1 saturated heterocycles. The fourth-order valence-corrected chi connectivity index (χ4v) is 3.80. The Balaban J connectivity index is 0.00000145. The van der Waals surface area contributed by atoms with E-state index in [0.717, 1.165) is 57.0 Å². The van der Waals surface area contributed by atoms with Crippen LogP contribution >= 0.6 is 0 Å². The second-order valence-corrected chi connectivity index (χ2v) is 7.21. The van der Waals surface area contributed by atoms with E-state index in [1.165, 1.54) is 11.3 Å². The maximum Gasteiger partial charge on any atom is 0.128 e. The SMILES string of the molecule is CC.C\C=C/C(=C\C(C#N)=C\CC)C1CC(c2cccc(N3CCOCC3)n2)C1. The summed E-state index contributed by atoms with van der Waals surface area (Å²) >= 11 is 0. The highest BCUT2D eigenvalue weighted by atomic mass is 16.5. The van der Waals surface area contributed by atoms with E-state index in [2.05, 4.69) is 54.3 Å². The number of nitriles is 1. The zero-order valence-corrected chi connectivity index (χ0v) is 18.4. The highest BCUT2D eigenvalue weighted by Crippen LogP contribution is 2.45. The minimum atomic E-state index is 0.505. The second kappa shape index (κ2) is 12.2. The van der Waals surface area contributed by atoms with Crippen molar-refractivity contribution in [1.29, 1.82) is 5.26 Å². The van der Waals surface area contributed by atoms with Crippen LogP contribution in [0.5, 0.6) is 0 Å². The molecule has 1 aliphatic heterocycles. The van der Waals surface area contributed by atoms with Gasteiger partial charge >= 0.3 is 0 Å². The number of pyridine rings is 1. The van der Waals surface area contributed by atoms with Crippen LogP contribution in [0.3, 0.4) is 0 Å². The fourth-order valence-electron chi connectivity index (χ4n) is 3.80. The van der Waals surface area contributed by atoms with Crippen molar-refractivity contribution >= 4 is 5.82 Å². The van der Waals surface area contributed by atoms with E-state index in [1.807, 2.05) is 26.8 Å². The number of hydrogen-bond donors (Lipinski definition) is 0. The van der Waals surface area contributed by atoms with E-state index >= 15 is 0 Å². The Bertz CT molecular complexity index is 761. The molecule has 2 heterocycles. The molecule has 0 atom stereocenters. The number of anilines is 1. The van der Waals surface area contributed by atoms with Crippen molar-refractivity contribution in [1.82, 2.24) is 4.98 Å². The van der Waals surface area contributed by atoms with Crippen LogP contribution in [0.2, 0.25) is 0 Å². The van der Waals surface area contributed by atoms with Crippen LogP contribution in [0.4, 0.5) is 5.82 Å². The summed E-state index contributed by atoms with van der Waals surface area (Å²) in [4.78, 5) is 7.24. The lowest BCUT2D eigenvalue weighted by Gasteiger charge is -2.37. The number of rotatable bonds is 6. The van der Waals surface area contributed by atoms with Crippen LogP contribution in [0.25, 0.3) is 0 Å². The second-order valence-electron chi connectivity index (χ2n) is 7.21. The predicted molar refractivity (Wildman–Crippen MR) is 121 cm³/mol. The van der Waals surface area contributed by atoms with Gasteiger partial charge in [-0.25, -0.2) is 4.98 Å². The number of allylic oxidation sites excluding steroid dienone is 6. The molecule has 0 aromatic carbocycles. The molecule has 0 amide bonds. The Hall–Kier alpha value is -2.38. The molecule has 1 aromatic rings. The number of morpholine rings is 1. The zero-order chi connectivity index (χ0) is 21.1. The van der Waals surface area contributed by atoms with Gasteiger partial charge in [0.05, 0.1) is 19.3 Å². The van der Waals surface area contributed by atoms with Crippen molar-refractivity contribution in [2.75, 3.05) is 31.2 Å². The van der Waals surface area contributed by atoms with Crippen LogP contribution < -0.4 is 4.90 Å². The molecule has 156 valence electrons. The van der Waals surface area contributed by atoms with Gasteiger partial charge < -0.3 is 9.64 Å². The van der Waals surface area contributed by atoms with Crippen molar-refractivity contribution in [3.63, 3.8) is 0 Å². The van der Waals surface area contributed by atoms with Gasteiger partial charge in [0, 0.05) is 30.3 Å². The first-order valence-electron chi connectivity index (χ1n) is 11.0. The molecule has 1 saturated carbocycles. The van der Waals surface area contributed by atoms with Crippen molar-refractivity contribution in [2.24, 2.45) is 5.92 Å². The minimum absolute atomic E-state index is 0.505. The Morgan fingerprint density at radius 2 is 2.00 bits per heavy atom. The molecule has 0 spiro atoms. The quantitative estimate of drug-likeness (QED) is 0.453. The molecular formula is C25H35N3O. The number of nitrogens with zero attached hydrogens (tertiary/aromatic N) is 3. The maximum atomic E-state index is 9.32. The molecule has 0 bridgehead atoms. The molecule has 29 heavy (non-hydrogen) atoms. The summed E-state index contributed by atoms with van der Waals surface area (Å²) in [6.45, 7) is 11.5. The molecule has 4 heteroatoms. The van der Waals surface area contributed by atoms with Crippen LogP contribution in [0.15, 0.2) is 53.6 Å². The average molecular weight is 394 g/mol. The van der Waals surface area contributed by atoms with Gasteiger partial charge in [0.2, 0.25) is 0 Å². The topological polar surface area (TPSA) is 49.2 Å². The number of aromatic nitrogens is 1. The lowest BCUT2D eigenvalue weighted by molar-refractivity contribution is 0.122. The largest absolute Gasteiger partial charge is 0.378 e. The smallest absolute Gasteiger partial charge is 0.128 e. The first-order chi connectivity index (χ1) is 14.2. The summed E-state index contributed by atoms with van der Waals surface area (Å²) in [5.41, 5.74) is 3.22. The van der Waals surface area contributed by atoms with Gasteiger partial charge in [-0.1, -0.05) is 45.1 Å². The molecule has 0 unspecified atom stereocenters. The molecule has 2 fully saturated rings. The standard InChI is InChI=1S/C23H29N3O.C2H6/c1-3-6-18(17-24)14-19(7-4-2)20-15-21(16-20)22-8-5-9-23(25-22)26-10-12-27-13-11-26;1-2/h4-9,14,20-21H,3,10-13,15-16H2,1-2H3;1-2H3/b7-4-,18-6-,19-14+;. The Morgan fingerprint density at radius 1 is 1.28 bits per heavy atom. The first kappa shape index (κ1) is 22.9. The third kappa shape index (κ3) is 6.30. The van der Waals surface area contributed by atoms with Gasteiger partial charge in [0.1, 0.15) is 5.82 Å². The van der Waals surface area contributed by atoms with Crippen LogP contribution in [-0.2, 0) is 4.74 Å². The van der Waals surface area contributed by atoms with Crippen molar-refractivity contribution < 1.29 is 4.74 Å². The van der Waals surface area contributed by atoms with E-state index < -0.39 is 0 Å². The van der Waals surface area contributed by atoms with Crippen molar-refractivity contribution in [3.05, 3.63) is 59.3 Å². The van der Waals surface area contributed by atoms with Crippen LogP contribution in [0.1, 0.15) is 58.6 Å². The third-order valence-corrected chi connectivity index (χ3v) is 5.35. The van der Waals surface area contributed by atoms with E-state index in [-0.39, 0.29) is 0 Å². The summed E-state index contributed by atoms with van der Waals surface area (Å²) in [5, 5.41) is 9.32. The molecule has 3 rings (SSSR count).